The number of carbonyl (C=O) groups is 2. The van der Waals surface area contributed by atoms with Gasteiger partial charge in [-0.3, -0.25) is 9.59 Å². The molecule has 1 unspecified atom stereocenters. The van der Waals surface area contributed by atoms with Crippen molar-refractivity contribution < 1.29 is 23.8 Å². The number of amides is 2. The molecule has 4 rings (SSSR count). The summed E-state index contributed by atoms with van der Waals surface area (Å²) in [7, 11) is 3.04. The Morgan fingerprint density at radius 1 is 0.882 bits per heavy atom. The van der Waals surface area contributed by atoms with E-state index in [-0.39, 0.29) is 24.5 Å². The minimum atomic E-state index is -0.342. The van der Waals surface area contributed by atoms with Crippen molar-refractivity contribution in [3.8, 4) is 17.2 Å². The highest BCUT2D eigenvalue weighted by Crippen LogP contribution is 2.29. The first-order valence-electron chi connectivity index (χ1n) is 11.2. The summed E-state index contributed by atoms with van der Waals surface area (Å²) in [5.74, 6) is 0.812. The minimum Gasteiger partial charge on any atom is -0.495 e. The van der Waals surface area contributed by atoms with E-state index in [0.29, 0.717) is 28.5 Å². The summed E-state index contributed by atoms with van der Waals surface area (Å²) < 4.78 is 16.3. The summed E-state index contributed by atoms with van der Waals surface area (Å²) >= 11 is 0. The molecule has 0 aromatic heterocycles. The van der Waals surface area contributed by atoms with Crippen LogP contribution in [0.4, 0.5) is 5.69 Å². The van der Waals surface area contributed by atoms with Crippen LogP contribution in [0.3, 0.4) is 0 Å². The Morgan fingerprint density at radius 3 is 2.41 bits per heavy atom. The quantitative estimate of drug-likeness (QED) is 0.531. The van der Waals surface area contributed by atoms with Crippen LogP contribution in [0.2, 0.25) is 0 Å². The average molecular weight is 461 g/mol. The third-order valence-corrected chi connectivity index (χ3v) is 5.85. The van der Waals surface area contributed by atoms with Crippen molar-refractivity contribution in [2.75, 3.05) is 26.1 Å². The van der Waals surface area contributed by atoms with E-state index in [0.717, 1.165) is 19.3 Å². The van der Waals surface area contributed by atoms with E-state index in [1.54, 1.807) is 36.4 Å². The number of hydrogen-bond acceptors (Lipinski definition) is 5. The molecule has 0 aliphatic heterocycles. The Kier molecular flexibility index (Phi) is 7.32. The Labute approximate surface area is 199 Å². The number of anilines is 1. The highest BCUT2D eigenvalue weighted by atomic mass is 16.5. The van der Waals surface area contributed by atoms with E-state index in [4.69, 9.17) is 14.2 Å². The van der Waals surface area contributed by atoms with Crippen LogP contribution in [0.15, 0.2) is 66.7 Å². The van der Waals surface area contributed by atoms with Crippen LogP contribution in [-0.2, 0) is 17.6 Å². The molecule has 2 N–H and O–H groups in total. The average Bonchev–Trinajstić information content (AvgIpc) is 2.87. The highest BCUT2D eigenvalue weighted by molar-refractivity contribution is 5.95. The van der Waals surface area contributed by atoms with Gasteiger partial charge in [-0.2, -0.15) is 0 Å². The molecule has 0 spiro atoms. The van der Waals surface area contributed by atoms with Gasteiger partial charge in [0.15, 0.2) is 18.1 Å². The highest BCUT2D eigenvalue weighted by Gasteiger charge is 2.21. The molecular formula is C27H28N2O5. The van der Waals surface area contributed by atoms with Gasteiger partial charge in [0.25, 0.3) is 11.8 Å². The van der Waals surface area contributed by atoms with E-state index in [2.05, 4.69) is 28.8 Å². The van der Waals surface area contributed by atoms with Gasteiger partial charge >= 0.3 is 0 Å². The maximum absolute atomic E-state index is 12.9. The standard InChI is InChI=1S/C27H28N2O5/c1-32-23-10-6-5-9-22(23)29-26(30)17-34-24-14-12-20(16-25(24)33-2)27(31)28-21-13-11-18-7-3-4-8-19(18)15-21/h3-10,12,14,16,21H,11,13,15,17H2,1-2H3,(H,28,31)(H,29,30). The molecule has 0 bridgehead atoms. The van der Waals surface area contributed by atoms with Crippen LogP contribution < -0.4 is 24.8 Å². The van der Waals surface area contributed by atoms with Crippen molar-refractivity contribution >= 4 is 17.5 Å². The predicted molar refractivity (Wildman–Crippen MR) is 130 cm³/mol. The fourth-order valence-corrected chi connectivity index (χ4v) is 4.10. The van der Waals surface area contributed by atoms with Crippen LogP contribution in [0.5, 0.6) is 17.2 Å². The number of nitrogens with one attached hydrogen (secondary N) is 2. The normalized spacial score (nSPS) is 14.5. The molecule has 1 aliphatic carbocycles. The Balaban J connectivity index is 1.35. The number of benzene rings is 3. The molecular weight excluding hydrogens is 432 g/mol. The Bertz CT molecular complexity index is 1180. The van der Waals surface area contributed by atoms with Crippen LogP contribution in [-0.4, -0.2) is 38.7 Å². The minimum absolute atomic E-state index is 0.0861. The summed E-state index contributed by atoms with van der Waals surface area (Å²) in [5, 5.41) is 5.88. The SMILES string of the molecule is COc1ccccc1NC(=O)COc1ccc(C(=O)NC2CCc3ccccc3C2)cc1OC. The van der Waals surface area contributed by atoms with Crippen LogP contribution in [0, 0.1) is 0 Å². The van der Waals surface area contributed by atoms with Crippen molar-refractivity contribution in [1.29, 1.82) is 0 Å². The van der Waals surface area contributed by atoms with E-state index >= 15 is 0 Å². The van der Waals surface area contributed by atoms with Crippen molar-refractivity contribution in [2.45, 2.75) is 25.3 Å². The molecule has 1 aliphatic rings. The summed E-state index contributed by atoms with van der Waals surface area (Å²) in [6.07, 6.45) is 2.68. The number of para-hydroxylation sites is 2. The zero-order valence-electron chi connectivity index (χ0n) is 19.3. The van der Waals surface area contributed by atoms with Gasteiger partial charge < -0.3 is 24.8 Å². The van der Waals surface area contributed by atoms with Crippen molar-refractivity contribution in [2.24, 2.45) is 0 Å². The topological polar surface area (TPSA) is 85.9 Å². The molecule has 1 atom stereocenters. The first-order valence-corrected chi connectivity index (χ1v) is 11.2. The smallest absolute Gasteiger partial charge is 0.262 e. The van der Waals surface area contributed by atoms with E-state index in [9.17, 15) is 9.59 Å². The number of hydrogen-bond donors (Lipinski definition) is 2. The molecule has 0 saturated heterocycles. The molecule has 2 amide bonds. The molecule has 0 radical (unpaired) electrons. The van der Waals surface area contributed by atoms with Gasteiger partial charge in [0.05, 0.1) is 19.9 Å². The molecule has 0 heterocycles. The maximum Gasteiger partial charge on any atom is 0.262 e. The molecule has 7 heteroatoms. The summed E-state index contributed by atoms with van der Waals surface area (Å²) in [5.41, 5.74) is 3.67. The van der Waals surface area contributed by atoms with Crippen LogP contribution in [0.25, 0.3) is 0 Å². The second kappa shape index (κ2) is 10.7. The number of fused-ring (bicyclic) bond motifs is 1. The fraction of sp³-hybridized carbons (Fsp3) is 0.259. The second-order valence-electron chi connectivity index (χ2n) is 8.08. The first kappa shape index (κ1) is 23.2. The van der Waals surface area contributed by atoms with Gasteiger partial charge in [0.2, 0.25) is 0 Å². The molecule has 0 fully saturated rings. The van der Waals surface area contributed by atoms with E-state index < -0.39 is 0 Å². The third-order valence-electron chi connectivity index (χ3n) is 5.85. The lowest BCUT2D eigenvalue weighted by molar-refractivity contribution is -0.118. The third kappa shape index (κ3) is 5.49. The summed E-state index contributed by atoms with van der Waals surface area (Å²) in [6, 6.07) is 20.5. The van der Waals surface area contributed by atoms with Crippen molar-refractivity contribution in [3.05, 3.63) is 83.4 Å². The molecule has 176 valence electrons. The predicted octanol–water partition coefficient (Wildman–Crippen LogP) is 4.01. The van der Waals surface area contributed by atoms with Gasteiger partial charge in [0, 0.05) is 11.6 Å². The molecule has 7 nitrogen and oxygen atoms in total. The van der Waals surface area contributed by atoms with E-state index in [1.165, 1.54) is 25.3 Å². The maximum atomic E-state index is 12.9. The molecule has 3 aromatic rings. The second-order valence-corrected chi connectivity index (χ2v) is 8.08. The Morgan fingerprint density at radius 2 is 1.62 bits per heavy atom. The van der Waals surface area contributed by atoms with Gasteiger partial charge in [-0.15, -0.1) is 0 Å². The monoisotopic (exact) mass is 460 g/mol. The van der Waals surface area contributed by atoms with Crippen LogP contribution in [0.1, 0.15) is 27.9 Å². The summed E-state index contributed by atoms with van der Waals surface area (Å²) in [6.45, 7) is -0.221. The number of methoxy groups -OCH3 is 2. The molecule has 0 saturated carbocycles. The first-order chi connectivity index (χ1) is 16.6. The summed E-state index contributed by atoms with van der Waals surface area (Å²) in [4.78, 5) is 25.2. The van der Waals surface area contributed by atoms with Crippen LogP contribution >= 0.6 is 0 Å². The lowest BCUT2D eigenvalue weighted by Crippen LogP contribution is -2.38. The van der Waals surface area contributed by atoms with Crippen molar-refractivity contribution in [3.63, 3.8) is 0 Å². The number of carbonyl (C=O) groups excluding carboxylic acids is 2. The molecule has 3 aromatic carbocycles. The lowest BCUT2D eigenvalue weighted by atomic mass is 9.88. The van der Waals surface area contributed by atoms with Gasteiger partial charge in [-0.25, -0.2) is 0 Å². The van der Waals surface area contributed by atoms with Gasteiger partial charge in [-0.1, -0.05) is 36.4 Å². The lowest BCUT2D eigenvalue weighted by Gasteiger charge is -2.25. The zero-order valence-corrected chi connectivity index (χ0v) is 19.3. The van der Waals surface area contributed by atoms with E-state index in [1.807, 2.05) is 12.1 Å². The fourth-order valence-electron chi connectivity index (χ4n) is 4.10. The number of rotatable bonds is 8. The van der Waals surface area contributed by atoms with Gasteiger partial charge in [0.1, 0.15) is 5.75 Å². The van der Waals surface area contributed by atoms with Gasteiger partial charge in [-0.05, 0) is 60.7 Å². The largest absolute Gasteiger partial charge is 0.495 e. The zero-order chi connectivity index (χ0) is 23.9. The number of aryl methyl sites for hydroxylation is 1. The van der Waals surface area contributed by atoms with Crippen molar-refractivity contribution in [1.82, 2.24) is 5.32 Å². The molecule has 34 heavy (non-hydrogen) atoms. The number of ether oxygens (including phenoxy) is 3. The Hall–Kier alpha value is -4.00.